The summed E-state index contributed by atoms with van der Waals surface area (Å²) in [5, 5.41) is 3.39. The highest BCUT2D eigenvalue weighted by Gasteiger charge is 2.27. The quantitative estimate of drug-likeness (QED) is 0.800. The number of carbonyl (C=O) groups is 1. The average Bonchev–Trinajstić information content (AvgIpc) is 2.64. The predicted molar refractivity (Wildman–Crippen MR) is 111 cm³/mol. The summed E-state index contributed by atoms with van der Waals surface area (Å²) < 4.78 is 25.4. The van der Waals surface area contributed by atoms with E-state index in [1.807, 2.05) is 11.0 Å². The van der Waals surface area contributed by atoms with Gasteiger partial charge in [-0.05, 0) is 68.5 Å². The highest BCUT2D eigenvalue weighted by atomic mass is 35.5. The number of aryl methyl sites for hydroxylation is 1. The van der Waals surface area contributed by atoms with Gasteiger partial charge in [0.1, 0.15) is 0 Å². The van der Waals surface area contributed by atoms with Crippen LogP contribution in [-0.2, 0) is 16.4 Å². The summed E-state index contributed by atoms with van der Waals surface area (Å²) in [5.41, 5.74) is 2.35. The molecule has 27 heavy (non-hydrogen) atoms. The van der Waals surface area contributed by atoms with Gasteiger partial charge in [-0.25, -0.2) is 8.42 Å². The third-order valence-electron chi connectivity index (χ3n) is 5.39. The van der Waals surface area contributed by atoms with E-state index in [-0.39, 0.29) is 18.3 Å². The lowest BCUT2D eigenvalue weighted by molar-refractivity contribution is 0.0690. The molecular formula is C19H30ClN3O3S. The van der Waals surface area contributed by atoms with Crippen LogP contribution in [-0.4, -0.2) is 58.2 Å². The zero-order chi connectivity index (χ0) is 18.7. The monoisotopic (exact) mass is 415 g/mol. The molecule has 6 nitrogen and oxygen atoms in total. The lowest BCUT2D eigenvalue weighted by Crippen LogP contribution is -2.41. The number of rotatable bonds is 5. The summed E-state index contributed by atoms with van der Waals surface area (Å²) in [5.74, 6) is 0.706. The number of likely N-dealkylation sites (tertiary alicyclic amines) is 1. The number of anilines is 1. The predicted octanol–water partition coefficient (Wildman–Crippen LogP) is 2.28. The van der Waals surface area contributed by atoms with Crippen molar-refractivity contribution in [2.75, 3.05) is 43.3 Å². The van der Waals surface area contributed by atoms with Crippen molar-refractivity contribution in [3.05, 3.63) is 29.3 Å². The van der Waals surface area contributed by atoms with Gasteiger partial charge < -0.3 is 10.2 Å². The Balaban J connectivity index is 0.00000261. The van der Waals surface area contributed by atoms with Crippen LogP contribution in [0.25, 0.3) is 0 Å². The Morgan fingerprint density at radius 2 is 1.93 bits per heavy atom. The van der Waals surface area contributed by atoms with Crippen LogP contribution >= 0.6 is 12.4 Å². The van der Waals surface area contributed by atoms with E-state index in [4.69, 9.17) is 0 Å². The van der Waals surface area contributed by atoms with Gasteiger partial charge >= 0.3 is 0 Å². The van der Waals surface area contributed by atoms with E-state index in [2.05, 4.69) is 12.2 Å². The van der Waals surface area contributed by atoms with Gasteiger partial charge in [-0.3, -0.25) is 9.10 Å². The number of hydrogen-bond acceptors (Lipinski definition) is 4. The fourth-order valence-corrected chi connectivity index (χ4v) is 4.91. The van der Waals surface area contributed by atoms with Gasteiger partial charge in [0.15, 0.2) is 0 Å². The molecule has 0 atom stereocenters. The highest BCUT2D eigenvalue weighted by molar-refractivity contribution is 7.92. The molecule has 2 aliphatic rings. The largest absolute Gasteiger partial charge is 0.339 e. The van der Waals surface area contributed by atoms with Gasteiger partial charge in [-0.1, -0.05) is 6.92 Å². The van der Waals surface area contributed by atoms with Crippen molar-refractivity contribution in [3.63, 3.8) is 0 Å². The van der Waals surface area contributed by atoms with E-state index in [1.165, 1.54) is 10.6 Å². The molecule has 0 bridgehead atoms. The van der Waals surface area contributed by atoms with Crippen LogP contribution in [0.4, 0.5) is 5.69 Å². The summed E-state index contributed by atoms with van der Waals surface area (Å²) in [6.45, 7) is 6.22. The number of nitrogens with one attached hydrogen (secondary N) is 1. The molecule has 3 rings (SSSR count). The first-order valence-electron chi connectivity index (χ1n) is 9.50. The molecule has 0 spiro atoms. The maximum absolute atomic E-state index is 12.9. The lowest BCUT2D eigenvalue weighted by atomic mass is 9.95. The van der Waals surface area contributed by atoms with Crippen LogP contribution in [0.1, 0.15) is 42.1 Å². The van der Waals surface area contributed by atoms with Gasteiger partial charge in [-0.2, -0.15) is 0 Å². The number of carbonyl (C=O) groups excluding carboxylic acids is 1. The minimum atomic E-state index is -3.27. The van der Waals surface area contributed by atoms with Gasteiger partial charge in [0.05, 0.1) is 11.9 Å². The molecule has 0 radical (unpaired) electrons. The fourth-order valence-electron chi connectivity index (χ4n) is 3.91. The van der Waals surface area contributed by atoms with Crippen LogP contribution in [0.2, 0.25) is 0 Å². The molecule has 2 aliphatic heterocycles. The zero-order valence-electron chi connectivity index (χ0n) is 16.1. The molecule has 1 aromatic rings. The lowest BCUT2D eigenvalue weighted by Gasteiger charge is -2.33. The average molecular weight is 416 g/mol. The summed E-state index contributed by atoms with van der Waals surface area (Å²) >= 11 is 0. The Labute approximate surface area is 168 Å². The first-order chi connectivity index (χ1) is 12.4. The highest BCUT2D eigenvalue weighted by Crippen LogP contribution is 2.30. The Hall–Kier alpha value is -1.31. The second kappa shape index (κ2) is 9.26. The van der Waals surface area contributed by atoms with Crippen molar-refractivity contribution in [3.8, 4) is 0 Å². The van der Waals surface area contributed by atoms with Gasteiger partial charge in [-0.15, -0.1) is 12.4 Å². The standard InChI is InChI=1S/C19H29N3O3S.ClH/c1-3-20-14-15-8-11-21(12-9-15)19(23)17-6-7-18-16(13-17)5-4-10-22(18)26(2,24)25;/h6-7,13,15,20H,3-5,8-12,14H2,1-2H3;1H. The van der Waals surface area contributed by atoms with Crippen LogP contribution < -0.4 is 9.62 Å². The van der Waals surface area contributed by atoms with Crippen molar-refractivity contribution < 1.29 is 13.2 Å². The van der Waals surface area contributed by atoms with Crippen molar-refractivity contribution in [1.82, 2.24) is 10.2 Å². The van der Waals surface area contributed by atoms with E-state index in [0.717, 1.165) is 63.1 Å². The Morgan fingerprint density at radius 1 is 1.22 bits per heavy atom. The van der Waals surface area contributed by atoms with Gasteiger partial charge in [0.2, 0.25) is 10.0 Å². The molecule has 152 valence electrons. The number of fused-ring (bicyclic) bond motifs is 1. The minimum Gasteiger partial charge on any atom is -0.339 e. The van der Waals surface area contributed by atoms with E-state index in [9.17, 15) is 13.2 Å². The first-order valence-corrected chi connectivity index (χ1v) is 11.4. The van der Waals surface area contributed by atoms with Crippen LogP contribution in [0.15, 0.2) is 18.2 Å². The molecule has 1 aromatic carbocycles. The van der Waals surface area contributed by atoms with Crippen LogP contribution in [0.5, 0.6) is 0 Å². The maximum atomic E-state index is 12.9. The Morgan fingerprint density at radius 3 is 2.56 bits per heavy atom. The summed E-state index contributed by atoms with van der Waals surface area (Å²) in [6.07, 6.45) is 4.90. The first kappa shape index (κ1) is 22.0. The molecule has 1 amide bonds. The smallest absolute Gasteiger partial charge is 0.253 e. The van der Waals surface area contributed by atoms with Crippen LogP contribution in [0, 0.1) is 5.92 Å². The normalized spacial score (nSPS) is 18.0. The molecule has 0 unspecified atom stereocenters. The Kier molecular flexibility index (Phi) is 7.54. The fraction of sp³-hybridized carbons (Fsp3) is 0.632. The molecule has 2 heterocycles. The maximum Gasteiger partial charge on any atom is 0.253 e. The topological polar surface area (TPSA) is 69.7 Å². The molecule has 1 saturated heterocycles. The zero-order valence-corrected chi connectivity index (χ0v) is 17.7. The molecule has 0 saturated carbocycles. The molecule has 1 N–H and O–H groups in total. The SMILES string of the molecule is CCNCC1CCN(C(=O)c2ccc3c(c2)CCCN3S(C)(=O)=O)CC1.Cl. The van der Waals surface area contributed by atoms with Gasteiger partial charge in [0, 0.05) is 25.2 Å². The van der Waals surface area contributed by atoms with E-state index in [1.54, 1.807) is 12.1 Å². The van der Waals surface area contributed by atoms with Crippen molar-refractivity contribution in [2.24, 2.45) is 5.92 Å². The van der Waals surface area contributed by atoms with E-state index < -0.39 is 10.0 Å². The second-order valence-electron chi connectivity index (χ2n) is 7.33. The summed E-state index contributed by atoms with van der Waals surface area (Å²) in [7, 11) is -3.27. The third-order valence-corrected chi connectivity index (χ3v) is 6.57. The molecule has 0 aliphatic carbocycles. The van der Waals surface area contributed by atoms with Crippen molar-refractivity contribution in [2.45, 2.75) is 32.6 Å². The van der Waals surface area contributed by atoms with E-state index in [0.29, 0.717) is 18.0 Å². The number of amides is 1. The Bertz CT molecular complexity index is 761. The van der Waals surface area contributed by atoms with Gasteiger partial charge in [0.25, 0.3) is 5.91 Å². The molecule has 1 fully saturated rings. The number of halogens is 1. The number of hydrogen-bond donors (Lipinski definition) is 1. The number of benzene rings is 1. The van der Waals surface area contributed by atoms with E-state index >= 15 is 0 Å². The molecule has 0 aromatic heterocycles. The molecular weight excluding hydrogens is 386 g/mol. The second-order valence-corrected chi connectivity index (χ2v) is 9.23. The van der Waals surface area contributed by atoms with Crippen molar-refractivity contribution >= 4 is 34.0 Å². The van der Waals surface area contributed by atoms with Crippen molar-refractivity contribution in [1.29, 1.82) is 0 Å². The minimum absolute atomic E-state index is 0. The number of piperidine rings is 1. The number of nitrogens with zero attached hydrogens (tertiary/aromatic N) is 2. The number of sulfonamides is 1. The summed E-state index contributed by atoms with van der Waals surface area (Å²) in [4.78, 5) is 14.8. The van der Waals surface area contributed by atoms with Crippen LogP contribution in [0.3, 0.4) is 0 Å². The summed E-state index contributed by atoms with van der Waals surface area (Å²) in [6, 6.07) is 5.45. The molecule has 8 heteroatoms. The third kappa shape index (κ3) is 5.15.